The van der Waals surface area contributed by atoms with Gasteiger partial charge in [-0.1, -0.05) is 0 Å². The number of quaternary nitrogens is 1. The summed E-state index contributed by atoms with van der Waals surface area (Å²) in [5.74, 6) is 1.87. The molecular weight excluding hydrogens is 354 g/mol. The highest BCUT2D eigenvalue weighted by Crippen LogP contribution is 2.39. The van der Waals surface area contributed by atoms with Gasteiger partial charge in [0.1, 0.15) is 18.8 Å². The second-order valence-electron chi connectivity index (χ2n) is 5.95. The molecule has 0 spiro atoms. The fourth-order valence-corrected chi connectivity index (χ4v) is 3.72. The molecule has 0 fully saturated rings. The van der Waals surface area contributed by atoms with Crippen LogP contribution in [0.15, 0.2) is 34.6 Å². The predicted octanol–water partition coefficient (Wildman–Crippen LogP) is 0.997. The third-order valence-electron chi connectivity index (χ3n) is 4.12. The number of nitrogens with zero attached hydrogens (tertiary/aromatic N) is 2. The van der Waals surface area contributed by atoms with E-state index in [1.165, 1.54) is 16.2 Å². The lowest BCUT2D eigenvalue weighted by atomic mass is 10.1. The van der Waals surface area contributed by atoms with Gasteiger partial charge >= 0.3 is 0 Å². The Bertz CT molecular complexity index is 967. The van der Waals surface area contributed by atoms with Gasteiger partial charge in [-0.15, -0.1) is 11.3 Å². The molecular formula is C18H22N3O4S+. The second-order valence-corrected chi connectivity index (χ2v) is 6.82. The van der Waals surface area contributed by atoms with Crippen molar-refractivity contribution in [3.8, 4) is 17.2 Å². The fourth-order valence-electron chi connectivity index (χ4n) is 2.98. The number of thiazole rings is 1. The molecule has 0 bridgehead atoms. The Labute approximate surface area is 155 Å². The van der Waals surface area contributed by atoms with Crippen LogP contribution < -0.4 is 24.7 Å². The molecule has 3 aromatic rings. The second kappa shape index (κ2) is 7.76. The number of ether oxygens (including phenoxy) is 3. The summed E-state index contributed by atoms with van der Waals surface area (Å²) in [6.45, 7) is 1.32. The van der Waals surface area contributed by atoms with Crippen LogP contribution in [0.3, 0.4) is 0 Å². The minimum Gasteiger partial charge on any atom is -0.493 e. The molecule has 2 heterocycles. The molecule has 1 aromatic carbocycles. The van der Waals surface area contributed by atoms with Gasteiger partial charge in [-0.05, 0) is 12.1 Å². The summed E-state index contributed by atoms with van der Waals surface area (Å²) < 4.78 is 17.9. The van der Waals surface area contributed by atoms with Gasteiger partial charge in [-0.2, -0.15) is 0 Å². The molecule has 26 heavy (non-hydrogen) atoms. The largest absolute Gasteiger partial charge is 0.493 e. The number of fused-ring (bicyclic) bond motifs is 1. The van der Waals surface area contributed by atoms with Gasteiger partial charge in [0.05, 0.1) is 33.9 Å². The van der Waals surface area contributed by atoms with E-state index in [0.29, 0.717) is 35.3 Å². The third-order valence-corrected chi connectivity index (χ3v) is 4.87. The molecule has 0 aliphatic carbocycles. The maximum atomic E-state index is 12.1. The Balaban J connectivity index is 1.83. The van der Waals surface area contributed by atoms with Gasteiger partial charge in [0, 0.05) is 17.6 Å². The van der Waals surface area contributed by atoms with Crippen molar-refractivity contribution in [1.82, 2.24) is 9.38 Å². The van der Waals surface area contributed by atoms with E-state index in [1.807, 2.05) is 24.6 Å². The number of hydrogen-bond acceptors (Lipinski definition) is 6. The van der Waals surface area contributed by atoms with Crippen LogP contribution in [-0.2, 0) is 13.1 Å². The molecule has 3 rings (SSSR count). The number of aromatic nitrogens is 2. The van der Waals surface area contributed by atoms with Crippen molar-refractivity contribution in [1.29, 1.82) is 0 Å². The lowest BCUT2D eigenvalue weighted by Crippen LogP contribution is -3.06. The first kappa shape index (κ1) is 18.2. The molecule has 138 valence electrons. The van der Waals surface area contributed by atoms with Crippen LogP contribution in [-0.4, -0.2) is 37.8 Å². The summed E-state index contributed by atoms with van der Waals surface area (Å²) in [6.07, 6.45) is 1.74. The van der Waals surface area contributed by atoms with E-state index in [4.69, 9.17) is 14.2 Å². The SMILES string of the molecule is COc1ccc(C[NH+](C)Cc2cc(=O)n3ccsc3n2)c(OC)c1OC. The lowest BCUT2D eigenvalue weighted by Gasteiger charge is -2.18. The molecule has 0 amide bonds. The minimum atomic E-state index is -0.0530. The molecule has 0 saturated heterocycles. The molecule has 2 aromatic heterocycles. The standard InChI is InChI=1S/C18H21N3O4S/c1-20(11-13-9-15(22)21-7-8-26-18(21)19-13)10-12-5-6-14(23-2)17(25-4)16(12)24-3/h5-9H,10-11H2,1-4H3/p+1. The average Bonchev–Trinajstić information content (AvgIpc) is 3.10. The molecule has 1 atom stereocenters. The molecule has 1 N–H and O–H groups in total. The quantitative estimate of drug-likeness (QED) is 0.666. The smallest absolute Gasteiger partial charge is 0.258 e. The third kappa shape index (κ3) is 3.51. The van der Waals surface area contributed by atoms with Crippen LogP contribution in [0.1, 0.15) is 11.3 Å². The Kier molecular flexibility index (Phi) is 5.43. The van der Waals surface area contributed by atoms with Crippen molar-refractivity contribution >= 4 is 16.3 Å². The summed E-state index contributed by atoms with van der Waals surface area (Å²) in [4.78, 5) is 18.6. The molecule has 0 aliphatic rings. The highest BCUT2D eigenvalue weighted by atomic mass is 32.1. The summed E-state index contributed by atoms with van der Waals surface area (Å²) >= 11 is 1.45. The van der Waals surface area contributed by atoms with E-state index in [-0.39, 0.29) is 5.56 Å². The maximum absolute atomic E-state index is 12.1. The van der Waals surface area contributed by atoms with E-state index >= 15 is 0 Å². The predicted molar refractivity (Wildman–Crippen MR) is 99.7 cm³/mol. The van der Waals surface area contributed by atoms with Crippen molar-refractivity contribution in [2.45, 2.75) is 13.1 Å². The first-order valence-electron chi connectivity index (χ1n) is 8.12. The van der Waals surface area contributed by atoms with Crippen molar-refractivity contribution in [2.75, 3.05) is 28.4 Å². The summed E-state index contributed by atoms with van der Waals surface area (Å²) in [6, 6.07) is 5.43. The summed E-state index contributed by atoms with van der Waals surface area (Å²) in [5.41, 5.74) is 1.72. The van der Waals surface area contributed by atoms with Crippen molar-refractivity contribution in [3.05, 3.63) is 51.4 Å². The number of benzene rings is 1. The van der Waals surface area contributed by atoms with Gasteiger partial charge in [0.25, 0.3) is 5.56 Å². The molecule has 0 saturated carbocycles. The average molecular weight is 376 g/mol. The first-order chi connectivity index (χ1) is 12.6. The Morgan fingerprint density at radius 2 is 1.88 bits per heavy atom. The van der Waals surface area contributed by atoms with Gasteiger partial charge < -0.3 is 19.1 Å². The molecule has 7 nitrogen and oxygen atoms in total. The molecule has 1 unspecified atom stereocenters. The Hall–Kier alpha value is -2.58. The van der Waals surface area contributed by atoms with Gasteiger partial charge in [0.15, 0.2) is 16.5 Å². The number of nitrogens with one attached hydrogen (secondary N) is 1. The zero-order valence-electron chi connectivity index (χ0n) is 15.2. The number of rotatable bonds is 7. The van der Waals surface area contributed by atoms with Crippen LogP contribution in [0.25, 0.3) is 4.96 Å². The number of methoxy groups -OCH3 is 3. The summed E-state index contributed by atoms with van der Waals surface area (Å²) in [5, 5.41) is 1.86. The van der Waals surface area contributed by atoms with E-state index < -0.39 is 0 Å². The lowest BCUT2D eigenvalue weighted by molar-refractivity contribution is -0.908. The molecule has 8 heteroatoms. The highest BCUT2D eigenvalue weighted by Gasteiger charge is 2.19. The topological polar surface area (TPSA) is 66.5 Å². The van der Waals surface area contributed by atoms with Crippen molar-refractivity contribution in [2.24, 2.45) is 0 Å². The molecule has 0 aliphatic heterocycles. The maximum Gasteiger partial charge on any atom is 0.258 e. The van der Waals surface area contributed by atoms with E-state index in [1.54, 1.807) is 38.0 Å². The summed E-state index contributed by atoms with van der Waals surface area (Å²) in [7, 11) is 6.85. The van der Waals surface area contributed by atoms with Crippen LogP contribution in [0.5, 0.6) is 17.2 Å². The zero-order chi connectivity index (χ0) is 18.7. The zero-order valence-corrected chi connectivity index (χ0v) is 16.1. The van der Waals surface area contributed by atoms with Gasteiger partial charge in [-0.25, -0.2) is 4.98 Å². The van der Waals surface area contributed by atoms with Crippen LogP contribution in [0.2, 0.25) is 0 Å². The van der Waals surface area contributed by atoms with Crippen molar-refractivity contribution < 1.29 is 19.1 Å². The Morgan fingerprint density at radius 3 is 2.58 bits per heavy atom. The minimum absolute atomic E-state index is 0.0530. The van der Waals surface area contributed by atoms with Gasteiger partial charge in [-0.3, -0.25) is 9.20 Å². The monoisotopic (exact) mass is 376 g/mol. The van der Waals surface area contributed by atoms with E-state index in [2.05, 4.69) is 4.98 Å². The molecule has 0 radical (unpaired) electrons. The fraction of sp³-hybridized carbons (Fsp3) is 0.333. The van der Waals surface area contributed by atoms with E-state index in [0.717, 1.165) is 11.3 Å². The van der Waals surface area contributed by atoms with Gasteiger partial charge in [0.2, 0.25) is 5.75 Å². The van der Waals surface area contributed by atoms with Crippen LogP contribution in [0.4, 0.5) is 0 Å². The van der Waals surface area contributed by atoms with E-state index in [9.17, 15) is 4.79 Å². The van der Waals surface area contributed by atoms with Crippen LogP contribution >= 0.6 is 11.3 Å². The van der Waals surface area contributed by atoms with Crippen LogP contribution in [0, 0.1) is 0 Å². The van der Waals surface area contributed by atoms with Crippen molar-refractivity contribution in [3.63, 3.8) is 0 Å². The Morgan fingerprint density at radius 1 is 1.12 bits per heavy atom. The normalized spacial score (nSPS) is 12.2. The first-order valence-corrected chi connectivity index (χ1v) is 9.00. The number of hydrogen-bond donors (Lipinski definition) is 1. The highest BCUT2D eigenvalue weighted by molar-refractivity contribution is 7.15.